The molecule has 0 atom stereocenters. The zero-order chi connectivity index (χ0) is 18.1. The first-order valence-electron chi connectivity index (χ1n) is 7.05. The Morgan fingerprint density at radius 3 is 2.84 bits per heavy atom. The molecule has 130 valence electrons. The lowest BCUT2D eigenvalue weighted by atomic mass is 10.2. The lowest BCUT2D eigenvalue weighted by Gasteiger charge is -2.07. The number of nitrogens with one attached hydrogen (secondary N) is 2. The van der Waals surface area contributed by atoms with E-state index in [1.165, 1.54) is 6.07 Å². The molecule has 0 radical (unpaired) electrons. The van der Waals surface area contributed by atoms with Crippen molar-refractivity contribution in [2.45, 2.75) is 13.5 Å². The SMILES string of the molecule is Cc1cc(NC(=O)c2n[nH]c(Br)c2Br)nn1Cc1c(F)cccc1Cl. The highest BCUT2D eigenvalue weighted by Crippen LogP contribution is 2.25. The predicted molar refractivity (Wildman–Crippen MR) is 99.4 cm³/mol. The maximum absolute atomic E-state index is 13.9. The molecule has 2 aromatic heterocycles. The van der Waals surface area contributed by atoms with Gasteiger partial charge in [-0.05, 0) is 50.9 Å². The first kappa shape index (κ1) is 18.1. The van der Waals surface area contributed by atoms with Crippen LogP contribution in [0.25, 0.3) is 0 Å². The number of halogens is 4. The smallest absolute Gasteiger partial charge is 0.278 e. The molecule has 2 N–H and O–H groups in total. The summed E-state index contributed by atoms with van der Waals surface area (Å²) in [4.78, 5) is 12.3. The quantitative estimate of drug-likeness (QED) is 0.563. The number of rotatable bonds is 4. The number of aromatic amines is 1. The molecule has 0 aliphatic rings. The first-order chi connectivity index (χ1) is 11.9. The summed E-state index contributed by atoms with van der Waals surface area (Å²) in [5.74, 6) is -0.498. The van der Waals surface area contributed by atoms with Crippen molar-refractivity contribution in [3.05, 3.63) is 61.1 Å². The van der Waals surface area contributed by atoms with Crippen molar-refractivity contribution >= 4 is 55.2 Å². The Morgan fingerprint density at radius 1 is 1.44 bits per heavy atom. The van der Waals surface area contributed by atoms with Crippen LogP contribution in [0.3, 0.4) is 0 Å². The number of aryl methyl sites for hydroxylation is 1. The van der Waals surface area contributed by atoms with Crippen molar-refractivity contribution in [2.75, 3.05) is 5.32 Å². The summed E-state index contributed by atoms with van der Waals surface area (Å²) >= 11 is 12.5. The molecule has 1 aromatic carbocycles. The summed E-state index contributed by atoms with van der Waals surface area (Å²) in [6.07, 6.45) is 0. The maximum atomic E-state index is 13.9. The van der Waals surface area contributed by atoms with Crippen LogP contribution in [0.15, 0.2) is 33.3 Å². The minimum absolute atomic E-state index is 0.158. The fraction of sp³-hybridized carbons (Fsp3) is 0.133. The van der Waals surface area contributed by atoms with Gasteiger partial charge in [0.1, 0.15) is 10.4 Å². The highest BCUT2D eigenvalue weighted by atomic mass is 79.9. The Morgan fingerprint density at radius 2 is 2.20 bits per heavy atom. The summed E-state index contributed by atoms with van der Waals surface area (Å²) in [6, 6.07) is 6.19. The molecular formula is C15H11Br2ClFN5O. The van der Waals surface area contributed by atoms with Crippen molar-refractivity contribution in [3.63, 3.8) is 0 Å². The van der Waals surface area contributed by atoms with Crippen LogP contribution in [0, 0.1) is 12.7 Å². The molecule has 0 fully saturated rings. The number of anilines is 1. The van der Waals surface area contributed by atoms with Crippen molar-refractivity contribution < 1.29 is 9.18 Å². The summed E-state index contributed by atoms with van der Waals surface area (Å²) in [5, 5.41) is 13.8. The number of carbonyl (C=O) groups excluding carboxylic acids is 1. The third-order valence-electron chi connectivity index (χ3n) is 3.47. The van der Waals surface area contributed by atoms with Gasteiger partial charge in [0, 0.05) is 22.3 Å². The fourth-order valence-corrected chi connectivity index (χ4v) is 3.05. The molecule has 0 unspecified atom stereocenters. The summed E-state index contributed by atoms with van der Waals surface area (Å²) < 4.78 is 16.6. The molecule has 1 amide bonds. The second kappa shape index (κ2) is 7.27. The molecule has 25 heavy (non-hydrogen) atoms. The van der Waals surface area contributed by atoms with Crippen LogP contribution in [-0.2, 0) is 6.54 Å². The van der Waals surface area contributed by atoms with Crippen LogP contribution < -0.4 is 5.32 Å². The van der Waals surface area contributed by atoms with E-state index in [-0.39, 0.29) is 12.2 Å². The Bertz CT molecular complexity index is 935. The zero-order valence-corrected chi connectivity index (χ0v) is 16.7. The van der Waals surface area contributed by atoms with E-state index in [0.29, 0.717) is 25.5 Å². The van der Waals surface area contributed by atoms with Gasteiger partial charge in [-0.15, -0.1) is 0 Å². The monoisotopic (exact) mass is 489 g/mol. The minimum Gasteiger partial charge on any atom is -0.304 e. The molecule has 10 heteroatoms. The van der Waals surface area contributed by atoms with Gasteiger partial charge in [-0.2, -0.15) is 10.2 Å². The molecule has 2 heterocycles. The van der Waals surface area contributed by atoms with E-state index >= 15 is 0 Å². The second-order valence-electron chi connectivity index (χ2n) is 5.18. The Labute approximate surface area is 164 Å². The van der Waals surface area contributed by atoms with Gasteiger partial charge in [-0.25, -0.2) is 4.39 Å². The van der Waals surface area contributed by atoms with Gasteiger partial charge in [0.25, 0.3) is 5.91 Å². The molecular weight excluding hydrogens is 480 g/mol. The van der Waals surface area contributed by atoms with E-state index in [0.717, 1.165) is 5.69 Å². The average Bonchev–Trinajstić information content (AvgIpc) is 3.06. The van der Waals surface area contributed by atoms with E-state index in [1.54, 1.807) is 29.8 Å². The summed E-state index contributed by atoms with van der Waals surface area (Å²) in [5.41, 5.74) is 1.28. The molecule has 6 nitrogen and oxygen atoms in total. The number of hydrogen-bond donors (Lipinski definition) is 2. The highest BCUT2D eigenvalue weighted by Gasteiger charge is 2.18. The van der Waals surface area contributed by atoms with Gasteiger partial charge in [-0.3, -0.25) is 14.6 Å². The van der Waals surface area contributed by atoms with Crippen LogP contribution in [-0.4, -0.2) is 25.9 Å². The van der Waals surface area contributed by atoms with Gasteiger partial charge >= 0.3 is 0 Å². The van der Waals surface area contributed by atoms with Gasteiger partial charge in [0.05, 0.1) is 11.0 Å². The van der Waals surface area contributed by atoms with Gasteiger partial charge in [0.2, 0.25) is 0 Å². The number of benzene rings is 1. The predicted octanol–water partition coefficient (Wildman–Crippen LogP) is 4.53. The van der Waals surface area contributed by atoms with Gasteiger partial charge < -0.3 is 5.32 Å². The summed E-state index contributed by atoms with van der Waals surface area (Å²) in [7, 11) is 0. The van der Waals surface area contributed by atoms with E-state index in [9.17, 15) is 9.18 Å². The third-order valence-corrected chi connectivity index (χ3v) is 5.71. The number of amides is 1. The molecule has 0 saturated heterocycles. The molecule has 0 aliphatic carbocycles. The topological polar surface area (TPSA) is 75.6 Å². The number of carbonyl (C=O) groups is 1. The van der Waals surface area contributed by atoms with Crippen molar-refractivity contribution in [1.29, 1.82) is 0 Å². The Kier molecular flexibility index (Phi) is 5.26. The lowest BCUT2D eigenvalue weighted by Crippen LogP contribution is -2.14. The third kappa shape index (κ3) is 3.78. The molecule has 0 aliphatic heterocycles. The standard InChI is InChI=1S/C15H11Br2ClFN5O/c1-7-5-11(20-15(25)13-12(16)14(17)22-21-13)23-24(7)6-8-9(18)3-2-4-10(8)19/h2-5H,6H2,1H3,(H,21,22)(H,20,23,25). The maximum Gasteiger partial charge on any atom is 0.278 e. The molecule has 0 saturated carbocycles. The highest BCUT2D eigenvalue weighted by molar-refractivity contribution is 9.13. The van der Waals surface area contributed by atoms with Crippen molar-refractivity contribution in [1.82, 2.24) is 20.0 Å². The molecule has 3 rings (SSSR count). The van der Waals surface area contributed by atoms with E-state index in [4.69, 9.17) is 11.6 Å². The number of aromatic nitrogens is 4. The largest absolute Gasteiger partial charge is 0.304 e. The van der Waals surface area contributed by atoms with Crippen LogP contribution in [0.2, 0.25) is 5.02 Å². The molecule has 0 spiro atoms. The Balaban J connectivity index is 1.81. The first-order valence-corrected chi connectivity index (χ1v) is 9.01. The molecule has 0 bridgehead atoms. The van der Waals surface area contributed by atoms with E-state index in [2.05, 4.69) is 52.5 Å². The van der Waals surface area contributed by atoms with Gasteiger partial charge in [0.15, 0.2) is 11.5 Å². The second-order valence-corrected chi connectivity index (χ2v) is 7.18. The zero-order valence-electron chi connectivity index (χ0n) is 12.8. The molecule has 3 aromatic rings. The lowest BCUT2D eigenvalue weighted by molar-refractivity contribution is 0.102. The van der Waals surface area contributed by atoms with Crippen molar-refractivity contribution in [3.8, 4) is 0 Å². The van der Waals surface area contributed by atoms with Crippen LogP contribution in [0.1, 0.15) is 21.7 Å². The van der Waals surface area contributed by atoms with E-state index in [1.807, 2.05) is 0 Å². The van der Waals surface area contributed by atoms with Crippen molar-refractivity contribution in [2.24, 2.45) is 0 Å². The number of hydrogen-bond acceptors (Lipinski definition) is 3. The number of H-pyrrole nitrogens is 1. The number of nitrogens with zero attached hydrogens (tertiary/aromatic N) is 3. The van der Waals surface area contributed by atoms with E-state index < -0.39 is 11.7 Å². The van der Waals surface area contributed by atoms with Crippen LogP contribution in [0.4, 0.5) is 10.2 Å². The normalized spacial score (nSPS) is 10.9. The van der Waals surface area contributed by atoms with Gasteiger partial charge in [-0.1, -0.05) is 17.7 Å². The van der Waals surface area contributed by atoms with Crippen LogP contribution in [0.5, 0.6) is 0 Å². The van der Waals surface area contributed by atoms with Crippen LogP contribution >= 0.6 is 43.5 Å². The minimum atomic E-state index is -0.428. The summed E-state index contributed by atoms with van der Waals surface area (Å²) in [6.45, 7) is 1.96. The Hall–Kier alpha value is -1.71. The average molecular weight is 492 g/mol. The fourth-order valence-electron chi connectivity index (χ4n) is 2.20.